The van der Waals surface area contributed by atoms with Gasteiger partial charge in [0, 0.05) is 5.56 Å². The highest BCUT2D eigenvalue weighted by molar-refractivity contribution is 6.06. The number of hydrogen-bond acceptors (Lipinski definition) is 3. The number of esters is 1. The Morgan fingerprint density at radius 3 is 2.05 bits per heavy atom. The molecule has 0 spiro atoms. The number of aryl methyl sites for hydroxylation is 1. The fourth-order valence-corrected chi connectivity index (χ4v) is 1.83. The highest BCUT2D eigenvalue weighted by Crippen LogP contribution is 2.09. The first-order valence-electron chi connectivity index (χ1n) is 6.57. The van der Waals surface area contributed by atoms with E-state index in [4.69, 9.17) is 0 Å². The standard InChI is InChI=1S/C18H16O3/c1-13-3-8-15(9-4-13)17(19)12-7-14-5-10-16(11-6-14)18(20)21-2/h3-12H,1-2H3/b12-7+. The van der Waals surface area contributed by atoms with Crippen LogP contribution < -0.4 is 0 Å². The Labute approximate surface area is 123 Å². The van der Waals surface area contributed by atoms with Crippen LogP contribution in [0.5, 0.6) is 0 Å². The molecule has 0 fully saturated rings. The van der Waals surface area contributed by atoms with Crippen LogP contribution in [0.2, 0.25) is 0 Å². The van der Waals surface area contributed by atoms with Gasteiger partial charge in [-0.05, 0) is 30.7 Å². The van der Waals surface area contributed by atoms with Gasteiger partial charge in [-0.2, -0.15) is 0 Å². The summed E-state index contributed by atoms with van der Waals surface area (Å²) in [4.78, 5) is 23.3. The average Bonchev–Trinajstić information content (AvgIpc) is 2.53. The van der Waals surface area contributed by atoms with Gasteiger partial charge in [0.15, 0.2) is 5.78 Å². The second-order valence-electron chi connectivity index (χ2n) is 4.68. The quantitative estimate of drug-likeness (QED) is 0.487. The molecule has 3 nitrogen and oxygen atoms in total. The molecular formula is C18H16O3. The van der Waals surface area contributed by atoms with Gasteiger partial charge >= 0.3 is 5.97 Å². The van der Waals surface area contributed by atoms with Crippen molar-refractivity contribution in [2.75, 3.05) is 7.11 Å². The van der Waals surface area contributed by atoms with E-state index in [1.54, 1.807) is 30.3 Å². The Morgan fingerprint density at radius 1 is 0.905 bits per heavy atom. The molecule has 0 aromatic heterocycles. The molecule has 2 aromatic rings. The zero-order valence-corrected chi connectivity index (χ0v) is 12.0. The van der Waals surface area contributed by atoms with E-state index in [1.165, 1.54) is 13.2 Å². The van der Waals surface area contributed by atoms with Gasteiger partial charge in [0.05, 0.1) is 12.7 Å². The predicted octanol–water partition coefficient (Wildman–Crippen LogP) is 3.68. The summed E-state index contributed by atoms with van der Waals surface area (Å²) in [5.41, 5.74) is 3.11. The molecule has 0 atom stereocenters. The maximum atomic E-state index is 12.0. The second-order valence-corrected chi connectivity index (χ2v) is 4.68. The minimum atomic E-state index is -0.374. The summed E-state index contributed by atoms with van der Waals surface area (Å²) in [7, 11) is 1.34. The number of carbonyl (C=O) groups excluding carboxylic acids is 2. The largest absolute Gasteiger partial charge is 0.465 e. The third-order valence-electron chi connectivity index (χ3n) is 3.10. The van der Waals surface area contributed by atoms with E-state index in [0.29, 0.717) is 11.1 Å². The fourth-order valence-electron chi connectivity index (χ4n) is 1.83. The van der Waals surface area contributed by atoms with Crippen LogP contribution in [0, 0.1) is 6.92 Å². The number of allylic oxidation sites excluding steroid dienone is 1. The van der Waals surface area contributed by atoms with E-state index >= 15 is 0 Å². The van der Waals surface area contributed by atoms with E-state index in [2.05, 4.69) is 4.74 Å². The van der Waals surface area contributed by atoms with Crippen LogP contribution in [-0.4, -0.2) is 18.9 Å². The molecule has 0 aliphatic carbocycles. The van der Waals surface area contributed by atoms with Crippen molar-refractivity contribution < 1.29 is 14.3 Å². The normalized spacial score (nSPS) is 10.6. The Kier molecular flexibility index (Phi) is 4.67. The van der Waals surface area contributed by atoms with Gasteiger partial charge in [-0.15, -0.1) is 0 Å². The Bertz CT molecular complexity index is 665. The molecule has 0 heterocycles. The lowest BCUT2D eigenvalue weighted by atomic mass is 10.1. The van der Waals surface area contributed by atoms with Gasteiger partial charge in [-0.1, -0.05) is 48.0 Å². The van der Waals surface area contributed by atoms with Crippen LogP contribution in [0.1, 0.15) is 31.8 Å². The van der Waals surface area contributed by atoms with Crippen LogP contribution in [-0.2, 0) is 4.74 Å². The molecule has 0 saturated heterocycles. The molecule has 0 radical (unpaired) electrons. The molecule has 3 heteroatoms. The van der Waals surface area contributed by atoms with E-state index < -0.39 is 0 Å². The molecule has 21 heavy (non-hydrogen) atoms. The Morgan fingerprint density at radius 2 is 1.48 bits per heavy atom. The zero-order chi connectivity index (χ0) is 15.2. The molecule has 0 bridgehead atoms. The van der Waals surface area contributed by atoms with Gasteiger partial charge in [0.25, 0.3) is 0 Å². The van der Waals surface area contributed by atoms with Gasteiger partial charge in [-0.3, -0.25) is 4.79 Å². The zero-order valence-electron chi connectivity index (χ0n) is 12.0. The smallest absolute Gasteiger partial charge is 0.337 e. The number of ether oxygens (including phenoxy) is 1. The van der Waals surface area contributed by atoms with Crippen LogP contribution in [0.25, 0.3) is 6.08 Å². The molecule has 0 unspecified atom stereocenters. The van der Waals surface area contributed by atoms with Crippen LogP contribution >= 0.6 is 0 Å². The number of ketones is 1. The minimum Gasteiger partial charge on any atom is -0.465 e. The summed E-state index contributed by atoms with van der Waals surface area (Å²) in [5.74, 6) is -0.423. The first kappa shape index (κ1) is 14.7. The molecule has 0 N–H and O–H groups in total. The van der Waals surface area contributed by atoms with Crippen molar-refractivity contribution in [1.82, 2.24) is 0 Å². The van der Waals surface area contributed by atoms with E-state index in [0.717, 1.165) is 11.1 Å². The summed E-state index contributed by atoms with van der Waals surface area (Å²) in [6.45, 7) is 1.98. The van der Waals surface area contributed by atoms with Crippen molar-refractivity contribution in [3.63, 3.8) is 0 Å². The number of hydrogen-bond donors (Lipinski definition) is 0. The SMILES string of the molecule is COC(=O)c1ccc(/C=C/C(=O)c2ccc(C)cc2)cc1. The van der Waals surface area contributed by atoms with Crippen molar-refractivity contribution >= 4 is 17.8 Å². The second kappa shape index (κ2) is 6.66. The van der Waals surface area contributed by atoms with E-state index in [1.807, 2.05) is 31.2 Å². The van der Waals surface area contributed by atoms with Gasteiger partial charge in [0.1, 0.15) is 0 Å². The Balaban J connectivity index is 2.08. The van der Waals surface area contributed by atoms with Crippen LogP contribution in [0.4, 0.5) is 0 Å². The van der Waals surface area contributed by atoms with Gasteiger partial charge in [0.2, 0.25) is 0 Å². The number of methoxy groups -OCH3 is 1. The van der Waals surface area contributed by atoms with E-state index in [-0.39, 0.29) is 11.8 Å². The fraction of sp³-hybridized carbons (Fsp3) is 0.111. The van der Waals surface area contributed by atoms with Gasteiger partial charge in [-0.25, -0.2) is 4.79 Å². The minimum absolute atomic E-state index is 0.0490. The Hall–Kier alpha value is -2.68. The van der Waals surface area contributed by atoms with Crippen LogP contribution in [0.15, 0.2) is 54.6 Å². The highest BCUT2D eigenvalue weighted by atomic mass is 16.5. The lowest BCUT2D eigenvalue weighted by Gasteiger charge is -1.99. The summed E-state index contributed by atoms with van der Waals surface area (Å²) >= 11 is 0. The van der Waals surface area contributed by atoms with Crippen molar-refractivity contribution in [3.05, 3.63) is 76.9 Å². The molecule has 0 amide bonds. The lowest BCUT2D eigenvalue weighted by Crippen LogP contribution is -2.00. The molecule has 2 aromatic carbocycles. The topological polar surface area (TPSA) is 43.4 Å². The van der Waals surface area contributed by atoms with Crippen molar-refractivity contribution in [2.45, 2.75) is 6.92 Å². The number of carbonyl (C=O) groups is 2. The summed E-state index contributed by atoms with van der Waals surface area (Å²) in [6.07, 6.45) is 3.25. The molecule has 0 aliphatic rings. The third-order valence-corrected chi connectivity index (χ3v) is 3.10. The van der Waals surface area contributed by atoms with Crippen LogP contribution in [0.3, 0.4) is 0 Å². The predicted molar refractivity (Wildman–Crippen MR) is 82.3 cm³/mol. The summed E-state index contributed by atoms with van der Waals surface area (Å²) in [5, 5.41) is 0. The molecule has 2 rings (SSSR count). The average molecular weight is 280 g/mol. The molecular weight excluding hydrogens is 264 g/mol. The lowest BCUT2D eigenvalue weighted by molar-refractivity contribution is 0.0600. The summed E-state index contributed by atoms with van der Waals surface area (Å²) in [6, 6.07) is 14.3. The summed E-state index contributed by atoms with van der Waals surface area (Å²) < 4.78 is 4.63. The maximum absolute atomic E-state index is 12.0. The first-order chi connectivity index (χ1) is 10.1. The third kappa shape index (κ3) is 3.89. The van der Waals surface area contributed by atoms with Crippen molar-refractivity contribution in [3.8, 4) is 0 Å². The highest BCUT2D eigenvalue weighted by Gasteiger charge is 2.04. The van der Waals surface area contributed by atoms with E-state index in [9.17, 15) is 9.59 Å². The molecule has 0 saturated carbocycles. The van der Waals surface area contributed by atoms with Crippen molar-refractivity contribution in [1.29, 1.82) is 0 Å². The first-order valence-corrected chi connectivity index (χ1v) is 6.57. The van der Waals surface area contributed by atoms with Gasteiger partial charge < -0.3 is 4.74 Å². The maximum Gasteiger partial charge on any atom is 0.337 e. The van der Waals surface area contributed by atoms with Crippen molar-refractivity contribution in [2.24, 2.45) is 0 Å². The number of benzene rings is 2. The molecule has 0 aliphatic heterocycles. The number of rotatable bonds is 4. The monoisotopic (exact) mass is 280 g/mol. The molecule has 106 valence electrons.